The van der Waals surface area contributed by atoms with Gasteiger partial charge < -0.3 is 10.5 Å². The maximum Gasteiger partial charge on any atom is 0.337 e. The van der Waals surface area contributed by atoms with Gasteiger partial charge in [-0.05, 0) is 35.4 Å². The number of hydrogen-bond donors (Lipinski definition) is 1. The van der Waals surface area contributed by atoms with Crippen LogP contribution in [0.5, 0.6) is 0 Å². The van der Waals surface area contributed by atoms with Gasteiger partial charge in [0.15, 0.2) is 0 Å². The number of esters is 1. The molecule has 10 heteroatoms. The smallest absolute Gasteiger partial charge is 0.337 e. The first-order valence-electron chi connectivity index (χ1n) is 9.64. The summed E-state index contributed by atoms with van der Waals surface area (Å²) in [5.74, 6) is -1.40. The summed E-state index contributed by atoms with van der Waals surface area (Å²) >= 11 is 12.3. The quantitative estimate of drug-likeness (QED) is 0.460. The van der Waals surface area contributed by atoms with Crippen LogP contribution in [0, 0.1) is 0 Å². The molecule has 0 aliphatic carbocycles. The lowest BCUT2D eigenvalue weighted by atomic mass is 10.1. The number of ether oxygens (including phenoxy) is 1. The van der Waals surface area contributed by atoms with E-state index < -0.39 is 27.9 Å². The maximum absolute atomic E-state index is 13.8. The molecular formula is C23H20Cl2N2O5S. The van der Waals surface area contributed by atoms with Gasteiger partial charge in [-0.3, -0.25) is 4.79 Å². The zero-order chi connectivity index (χ0) is 24.2. The van der Waals surface area contributed by atoms with E-state index in [1.165, 1.54) is 37.4 Å². The summed E-state index contributed by atoms with van der Waals surface area (Å²) in [4.78, 5) is 24.0. The van der Waals surface area contributed by atoms with Crippen molar-refractivity contribution >= 4 is 45.1 Å². The van der Waals surface area contributed by atoms with Gasteiger partial charge in [-0.2, -0.15) is 4.31 Å². The fourth-order valence-corrected chi connectivity index (χ4v) is 5.59. The number of primary amides is 1. The van der Waals surface area contributed by atoms with Gasteiger partial charge in [-0.15, -0.1) is 0 Å². The van der Waals surface area contributed by atoms with Gasteiger partial charge in [0.2, 0.25) is 15.9 Å². The summed E-state index contributed by atoms with van der Waals surface area (Å²) in [6, 6.07) is 17.3. The van der Waals surface area contributed by atoms with Crippen molar-refractivity contribution in [3.8, 4) is 0 Å². The monoisotopic (exact) mass is 506 g/mol. The van der Waals surface area contributed by atoms with Crippen LogP contribution in [0.4, 0.5) is 0 Å². The Balaban J connectivity index is 2.14. The Kier molecular flexibility index (Phi) is 7.76. The lowest BCUT2D eigenvalue weighted by molar-refractivity contribution is -0.122. The summed E-state index contributed by atoms with van der Waals surface area (Å²) in [5.41, 5.74) is 6.87. The van der Waals surface area contributed by atoms with Gasteiger partial charge in [0.25, 0.3) is 0 Å². The first-order valence-corrected chi connectivity index (χ1v) is 11.8. The van der Waals surface area contributed by atoms with Crippen LogP contribution in [-0.2, 0) is 26.1 Å². The molecule has 0 saturated carbocycles. The van der Waals surface area contributed by atoms with Crippen molar-refractivity contribution < 1.29 is 22.7 Å². The van der Waals surface area contributed by atoms with Crippen LogP contribution in [0.1, 0.15) is 27.5 Å². The largest absolute Gasteiger partial charge is 0.465 e. The van der Waals surface area contributed by atoms with Crippen molar-refractivity contribution in [2.75, 3.05) is 7.11 Å². The zero-order valence-corrected chi connectivity index (χ0v) is 19.8. The number of sulfonamides is 1. The van der Waals surface area contributed by atoms with Crippen LogP contribution in [0.25, 0.3) is 0 Å². The SMILES string of the molecule is COC(=O)c1ccc(CN(C(C(N)=O)c2ccccc2)S(=O)(=O)c2cccc(Cl)c2Cl)cc1. The molecule has 0 saturated heterocycles. The summed E-state index contributed by atoms with van der Waals surface area (Å²) in [6.07, 6.45) is 0. The lowest BCUT2D eigenvalue weighted by Gasteiger charge is -2.29. The highest BCUT2D eigenvalue weighted by atomic mass is 35.5. The zero-order valence-electron chi connectivity index (χ0n) is 17.4. The van der Waals surface area contributed by atoms with Gasteiger partial charge in [-0.25, -0.2) is 13.2 Å². The van der Waals surface area contributed by atoms with Crippen LogP contribution in [0.2, 0.25) is 10.0 Å². The third-order valence-corrected chi connectivity index (χ3v) is 7.67. The summed E-state index contributed by atoms with van der Waals surface area (Å²) in [6.45, 7) is -0.227. The molecule has 0 heterocycles. The molecule has 3 rings (SSSR count). The van der Waals surface area contributed by atoms with E-state index >= 15 is 0 Å². The molecule has 7 nitrogen and oxygen atoms in total. The number of nitrogens with zero attached hydrogens (tertiary/aromatic N) is 1. The Morgan fingerprint density at radius 2 is 1.61 bits per heavy atom. The number of rotatable bonds is 8. The van der Waals surface area contributed by atoms with Gasteiger partial charge in [0.05, 0.1) is 22.7 Å². The Hall–Kier alpha value is -2.91. The van der Waals surface area contributed by atoms with Crippen LogP contribution >= 0.6 is 23.2 Å². The second-order valence-corrected chi connectivity index (χ2v) is 9.65. The standard InChI is InChI=1S/C23H20Cl2N2O5S/c1-32-23(29)17-12-10-15(11-13-17)14-27(21(22(26)28)16-6-3-2-4-7-16)33(30,31)19-9-5-8-18(24)20(19)25/h2-13,21H,14H2,1H3,(H2,26,28). The van der Waals surface area contributed by atoms with Crippen molar-refractivity contribution in [2.45, 2.75) is 17.5 Å². The van der Waals surface area contributed by atoms with Crippen LogP contribution < -0.4 is 5.73 Å². The lowest BCUT2D eigenvalue weighted by Crippen LogP contribution is -2.41. The van der Waals surface area contributed by atoms with E-state index in [1.807, 2.05) is 0 Å². The summed E-state index contributed by atoms with van der Waals surface area (Å²) < 4.78 is 33.2. The number of halogens is 2. The van der Waals surface area contributed by atoms with Crippen molar-refractivity contribution in [1.29, 1.82) is 0 Å². The third kappa shape index (κ3) is 5.36. The maximum atomic E-state index is 13.8. The molecular weight excluding hydrogens is 487 g/mol. The highest BCUT2D eigenvalue weighted by Gasteiger charge is 2.37. The highest BCUT2D eigenvalue weighted by Crippen LogP contribution is 2.35. The van der Waals surface area contributed by atoms with E-state index in [0.717, 1.165) is 4.31 Å². The average molecular weight is 507 g/mol. The summed E-state index contributed by atoms with van der Waals surface area (Å²) in [5, 5.41) is -0.114. The van der Waals surface area contributed by atoms with Gasteiger partial charge in [0.1, 0.15) is 10.9 Å². The number of nitrogens with two attached hydrogens (primary N) is 1. The Bertz CT molecular complexity index is 1270. The molecule has 0 fully saturated rings. The van der Waals surface area contributed by atoms with Crippen LogP contribution in [0.15, 0.2) is 77.7 Å². The first kappa shape index (κ1) is 24.7. The normalized spacial score (nSPS) is 12.4. The highest BCUT2D eigenvalue weighted by molar-refractivity contribution is 7.89. The van der Waals surface area contributed by atoms with E-state index in [2.05, 4.69) is 4.74 Å². The molecule has 3 aromatic carbocycles. The third-order valence-electron chi connectivity index (χ3n) is 4.89. The molecule has 1 atom stereocenters. The number of hydrogen-bond acceptors (Lipinski definition) is 5. The van der Waals surface area contributed by atoms with Gasteiger partial charge >= 0.3 is 5.97 Å². The molecule has 0 radical (unpaired) electrons. The molecule has 2 N–H and O–H groups in total. The number of carbonyl (C=O) groups excluding carboxylic acids is 2. The first-order chi connectivity index (χ1) is 15.7. The van der Waals surface area contributed by atoms with E-state index in [9.17, 15) is 18.0 Å². The predicted octanol–water partition coefficient (Wildman–Crippen LogP) is 4.20. The number of methoxy groups -OCH3 is 1. The van der Waals surface area contributed by atoms with Gasteiger partial charge in [0, 0.05) is 6.54 Å². The second-order valence-electron chi connectivity index (χ2n) is 7.01. The van der Waals surface area contributed by atoms with E-state index in [-0.39, 0.29) is 21.5 Å². The van der Waals surface area contributed by atoms with E-state index in [4.69, 9.17) is 28.9 Å². The Labute approximate surface area is 201 Å². The van der Waals surface area contributed by atoms with Crippen molar-refractivity contribution in [1.82, 2.24) is 4.31 Å². The molecule has 1 amide bonds. The number of amides is 1. The van der Waals surface area contributed by atoms with Crippen LogP contribution in [-0.4, -0.2) is 31.7 Å². The minimum Gasteiger partial charge on any atom is -0.465 e. The van der Waals surface area contributed by atoms with Gasteiger partial charge in [-0.1, -0.05) is 71.7 Å². The predicted molar refractivity (Wildman–Crippen MR) is 125 cm³/mol. The molecule has 0 aliphatic heterocycles. The van der Waals surface area contributed by atoms with E-state index in [0.29, 0.717) is 16.7 Å². The fourth-order valence-electron chi connectivity index (χ4n) is 3.28. The second kappa shape index (κ2) is 10.4. The minimum absolute atomic E-state index is 0.0514. The van der Waals surface area contributed by atoms with E-state index in [1.54, 1.807) is 42.5 Å². The molecule has 0 bridgehead atoms. The summed E-state index contributed by atoms with van der Waals surface area (Å²) in [7, 11) is -3.09. The fraction of sp³-hybridized carbons (Fsp3) is 0.130. The topological polar surface area (TPSA) is 107 Å². The molecule has 3 aromatic rings. The minimum atomic E-state index is -4.35. The molecule has 0 spiro atoms. The van der Waals surface area contributed by atoms with Crippen molar-refractivity contribution in [2.24, 2.45) is 5.73 Å². The van der Waals surface area contributed by atoms with Crippen LogP contribution in [0.3, 0.4) is 0 Å². The molecule has 0 aromatic heterocycles. The molecule has 33 heavy (non-hydrogen) atoms. The van der Waals surface area contributed by atoms with Crippen molar-refractivity contribution in [3.63, 3.8) is 0 Å². The Morgan fingerprint density at radius 1 is 0.970 bits per heavy atom. The number of benzene rings is 3. The molecule has 1 unspecified atom stereocenters. The molecule has 0 aliphatic rings. The van der Waals surface area contributed by atoms with Crippen molar-refractivity contribution in [3.05, 3.63) is 99.5 Å². The Morgan fingerprint density at radius 3 is 2.18 bits per heavy atom. The average Bonchev–Trinajstić information content (AvgIpc) is 2.80. The number of carbonyl (C=O) groups is 2. The molecule has 172 valence electrons.